The highest BCUT2D eigenvalue weighted by Crippen LogP contribution is 2.43. The molecule has 108 valence electrons. The first-order valence-corrected chi connectivity index (χ1v) is 7.46. The van der Waals surface area contributed by atoms with Gasteiger partial charge < -0.3 is 10.2 Å². The normalized spacial score (nSPS) is 23.1. The van der Waals surface area contributed by atoms with Crippen molar-refractivity contribution in [1.29, 1.82) is 0 Å². The van der Waals surface area contributed by atoms with E-state index >= 15 is 0 Å². The molecule has 21 heavy (non-hydrogen) atoms. The highest BCUT2D eigenvalue weighted by atomic mass is 32.2. The maximum atomic E-state index is 12.2. The SMILES string of the molecule is O=C(O)C1=C(CO)CS[C@@H]2/C(=C/c3ccccc3)C(=O)N12. The Balaban J connectivity index is 1.94. The molecule has 5 nitrogen and oxygen atoms in total. The molecule has 1 saturated heterocycles. The van der Waals surface area contributed by atoms with Crippen molar-refractivity contribution < 1.29 is 19.8 Å². The quantitative estimate of drug-likeness (QED) is 0.650. The maximum absolute atomic E-state index is 12.2. The predicted molar refractivity (Wildman–Crippen MR) is 79.3 cm³/mol. The molecule has 1 atom stereocenters. The third kappa shape index (κ3) is 2.26. The number of aliphatic hydroxyl groups excluding tert-OH is 1. The van der Waals surface area contributed by atoms with Gasteiger partial charge in [0.1, 0.15) is 11.1 Å². The maximum Gasteiger partial charge on any atom is 0.352 e. The molecule has 1 amide bonds. The van der Waals surface area contributed by atoms with Crippen molar-refractivity contribution in [2.24, 2.45) is 0 Å². The van der Waals surface area contributed by atoms with Crippen LogP contribution in [0.1, 0.15) is 5.56 Å². The fourth-order valence-corrected chi connectivity index (χ4v) is 3.75. The van der Waals surface area contributed by atoms with Gasteiger partial charge >= 0.3 is 5.97 Å². The number of carbonyl (C=O) groups excluding carboxylic acids is 1. The third-order valence-electron chi connectivity index (χ3n) is 3.47. The number of carboxylic acids is 1. The van der Waals surface area contributed by atoms with Crippen LogP contribution in [0.4, 0.5) is 0 Å². The van der Waals surface area contributed by atoms with Crippen LogP contribution >= 0.6 is 11.8 Å². The number of hydrogen-bond acceptors (Lipinski definition) is 4. The number of thioether (sulfide) groups is 1. The molecule has 0 saturated carbocycles. The van der Waals surface area contributed by atoms with Crippen LogP contribution in [0.2, 0.25) is 0 Å². The van der Waals surface area contributed by atoms with Crippen molar-refractivity contribution in [3.63, 3.8) is 0 Å². The summed E-state index contributed by atoms with van der Waals surface area (Å²) >= 11 is 1.45. The lowest BCUT2D eigenvalue weighted by Crippen LogP contribution is -2.56. The van der Waals surface area contributed by atoms with Crippen LogP contribution in [-0.2, 0) is 9.59 Å². The molecule has 1 fully saturated rings. The van der Waals surface area contributed by atoms with Gasteiger partial charge in [-0.15, -0.1) is 11.8 Å². The van der Waals surface area contributed by atoms with Gasteiger partial charge in [-0.1, -0.05) is 30.3 Å². The van der Waals surface area contributed by atoms with Gasteiger partial charge in [0.15, 0.2) is 0 Å². The summed E-state index contributed by atoms with van der Waals surface area (Å²) in [7, 11) is 0. The van der Waals surface area contributed by atoms with Crippen molar-refractivity contribution in [1.82, 2.24) is 4.90 Å². The lowest BCUT2D eigenvalue weighted by atomic mass is 9.99. The summed E-state index contributed by atoms with van der Waals surface area (Å²) < 4.78 is 0. The molecule has 0 spiro atoms. The predicted octanol–water partition coefficient (Wildman–Crippen LogP) is 1.32. The molecule has 0 aliphatic carbocycles. The summed E-state index contributed by atoms with van der Waals surface area (Å²) in [5, 5.41) is 18.2. The molecule has 2 N–H and O–H groups in total. The van der Waals surface area contributed by atoms with E-state index < -0.39 is 5.97 Å². The van der Waals surface area contributed by atoms with Crippen molar-refractivity contribution >= 4 is 29.7 Å². The Morgan fingerprint density at radius 1 is 1.38 bits per heavy atom. The molecule has 1 aromatic carbocycles. The number of nitrogens with zero attached hydrogens (tertiary/aromatic N) is 1. The van der Waals surface area contributed by atoms with Crippen LogP contribution in [0, 0.1) is 0 Å². The fourth-order valence-electron chi connectivity index (χ4n) is 2.46. The van der Waals surface area contributed by atoms with E-state index in [1.165, 1.54) is 16.7 Å². The number of aliphatic carboxylic acids is 1. The number of aliphatic hydroxyl groups is 1. The molecule has 2 aliphatic heterocycles. The second-order valence-corrected chi connectivity index (χ2v) is 5.83. The van der Waals surface area contributed by atoms with E-state index in [1.54, 1.807) is 6.08 Å². The number of β-lactam (4-membered cyclic amide) rings is 1. The second kappa shape index (κ2) is 5.38. The minimum Gasteiger partial charge on any atom is -0.477 e. The molecule has 1 aromatic rings. The van der Waals surface area contributed by atoms with E-state index in [0.717, 1.165) is 5.56 Å². The van der Waals surface area contributed by atoms with Gasteiger partial charge in [0.25, 0.3) is 5.91 Å². The van der Waals surface area contributed by atoms with E-state index in [4.69, 9.17) is 0 Å². The highest BCUT2D eigenvalue weighted by molar-refractivity contribution is 8.00. The average molecular weight is 303 g/mol. The number of benzene rings is 1. The summed E-state index contributed by atoms with van der Waals surface area (Å²) in [6, 6.07) is 9.44. The summed E-state index contributed by atoms with van der Waals surface area (Å²) in [5.74, 6) is -1.06. The van der Waals surface area contributed by atoms with Crippen molar-refractivity contribution in [2.75, 3.05) is 12.4 Å². The average Bonchev–Trinajstić information content (AvgIpc) is 2.51. The Hall–Kier alpha value is -2.05. The monoisotopic (exact) mass is 303 g/mol. The minimum absolute atomic E-state index is 0.0727. The van der Waals surface area contributed by atoms with Crippen LogP contribution < -0.4 is 0 Å². The van der Waals surface area contributed by atoms with Crippen LogP contribution in [0.5, 0.6) is 0 Å². The molecule has 0 bridgehead atoms. The molecule has 3 rings (SSSR count). The first kappa shape index (κ1) is 13.9. The van der Waals surface area contributed by atoms with E-state index in [9.17, 15) is 19.8 Å². The molecule has 2 heterocycles. The Morgan fingerprint density at radius 2 is 2.10 bits per heavy atom. The van der Waals surface area contributed by atoms with Crippen LogP contribution in [0.15, 0.2) is 47.2 Å². The van der Waals surface area contributed by atoms with E-state index in [2.05, 4.69) is 0 Å². The van der Waals surface area contributed by atoms with Gasteiger partial charge in [0.2, 0.25) is 0 Å². The number of amides is 1. The third-order valence-corrected chi connectivity index (χ3v) is 4.77. The van der Waals surface area contributed by atoms with E-state index in [-0.39, 0.29) is 23.6 Å². The first-order valence-electron chi connectivity index (χ1n) is 6.41. The van der Waals surface area contributed by atoms with Crippen LogP contribution in [0.25, 0.3) is 6.08 Å². The summed E-state index contributed by atoms with van der Waals surface area (Å²) in [6.07, 6.45) is 1.79. The van der Waals surface area contributed by atoms with Crippen molar-refractivity contribution in [2.45, 2.75) is 5.37 Å². The lowest BCUT2D eigenvalue weighted by Gasteiger charge is -2.45. The van der Waals surface area contributed by atoms with E-state index in [0.29, 0.717) is 16.9 Å². The summed E-state index contributed by atoms with van der Waals surface area (Å²) in [4.78, 5) is 24.8. The van der Waals surface area contributed by atoms with E-state index in [1.807, 2.05) is 30.3 Å². The zero-order valence-electron chi connectivity index (χ0n) is 11.0. The summed E-state index contributed by atoms with van der Waals surface area (Å²) in [5.41, 5.74) is 1.82. The van der Waals surface area contributed by atoms with Gasteiger partial charge in [-0.3, -0.25) is 9.69 Å². The minimum atomic E-state index is -1.17. The topological polar surface area (TPSA) is 77.8 Å². The Morgan fingerprint density at radius 3 is 2.71 bits per heavy atom. The molecular formula is C15H13NO4S. The fraction of sp³-hybridized carbons (Fsp3) is 0.200. The van der Waals surface area contributed by atoms with Gasteiger partial charge in [-0.2, -0.15) is 0 Å². The first-order chi connectivity index (χ1) is 10.1. The molecule has 6 heteroatoms. The smallest absolute Gasteiger partial charge is 0.352 e. The molecule has 0 unspecified atom stereocenters. The molecule has 0 aromatic heterocycles. The summed E-state index contributed by atoms with van der Waals surface area (Å²) in [6.45, 7) is -0.344. The molecular weight excluding hydrogens is 290 g/mol. The van der Waals surface area contributed by atoms with Crippen molar-refractivity contribution in [3.8, 4) is 0 Å². The molecule has 2 aliphatic rings. The van der Waals surface area contributed by atoms with Crippen LogP contribution in [-0.4, -0.2) is 44.7 Å². The zero-order valence-corrected chi connectivity index (χ0v) is 11.8. The number of carbonyl (C=O) groups is 2. The van der Waals surface area contributed by atoms with Crippen LogP contribution in [0.3, 0.4) is 0 Å². The van der Waals surface area contributed by atoms with Crippen molar-refractivity contribution in [3.05, 3.63) is 52.7 Å². The van der Waals surface area contributed by atoms with Gasteiger partial charge in [-0.05, 0) is 17.2 Å². The van der Waals surface area contributed by atoms with Gasteiger partial charge in [-0.25, -0.2) is 4.79 Å². The zero-order chi connectivity index (χ0) is 15.0. The number of carboxylic acid groups (broad SMARTS) is 1. The Bertz CT molecular complexity index is 666. The van der Waals surface area contributed by atoms with Gasteiger partial charge in [0.05, 0.1) is 12.2 Å². The number of fused-ring (bicyclic) bond motifs is 1. The lowest BCUT2D eigenvalue weighted by molar-refractivity contribution is -0.141. The Kier molecular flexibility index (Phi) is 3.57. The van der Waals surface area contributed by atoms with Gasteiger partial charge in [0, 0.05) is 5.75 Å². The standard InChI is InChI=1S/C15H13NO4S/c17-7-10-8-21-14-11(6-9-4-2-1-3-5-9)13(18)16(14)12(10)15(19)20/h1-6,14,17H,7-8H2,(H,19,20)/b11-6+/t14-/m1/s1. The Labute approximate surface area is 125 Å². The molecule has 0 radical (unpaired) electrons. The largest absolute Gasteiger partial charge is 0.477 e. The highest BCUT2D eigenvalue weighted by Gasteiger charge is 2.49. The number of hydrogen-bond donors (Lipinski definition) is 2. The number of rotatable bonds is 3. The second-order valence-electron chi connectivity index (χ2n) is 4.76.